The molecule has 4 heteroatoms. The van der Waals surface area contributed by atoms with E-state index in [1.165, 1.54) is 7.11 Å². The molecule has 1 aliphatic carbocycles. The van der Waals surface area contributed by atoms with E-state index in [-0.39, 0.29) is 23.1 Å². The topological polar surface area (TPSA) is 52.6 Å². The summed E-state index contributed by atoms with van der Waals surface area (Å²) < 4.78 is 10.2. The number of hydrogen-bond acceptors (Lipinski definition) is 4. The van der Waals surface area contributed by atoms with Crippen LogP contribution in [-0.4, -0.2) is 25.3 Å². The Morgan fingerprint density at radius 1 is 0.739 bits per heavy atom. The van der Waals surface area contributed by atoms with Gasteiger partial charge in [-0.1, -0.05) is 60.7 Å². The molecule has 0 saturated carbocycles. The predicted molar refractivity (Wildman–Crippen MR) is 87.2 cm³/mol. The van der Waals surface area contributed by atoms with E-state index in [0.29, 0.717) is 17.7 Å². The number of allylic oxidation sites excluding steroid dienone is 2. The minimum absolute atomic E-state index is 0.00120. The van der Waals surface area contributed by atoms with Crippen LogP contribution in [0, 0.1) is 0 Å². The van der Waals surface area contributed by atoms with Crippen molar-refractivity contribution in [2.75, 3.05) is 13.7 Å². The zero-order valence-electron chi connectivity index (χ0n) is 13.1. The number of methoxy groups -OCH3 is 1. The van der Waals surface area contributed by atoms with Gasteiger partial charge < -0.3 is 9.47 Å². The van der Waals surface area contributed by atoms with Gasteiger partial charge in [-0.25, -0.2) is 0 Å². The Balaban J connectivity index is 0.000000268. The molecule has 0 heterocycles. The lowest BCUT2D eigenvalue weighted by molar-refractivity contribution is 0.0800. The lowest BCUT2D eigenvalue weighted by Gasteiger charge is -2.19. The van der Waals surface area contributed by atoms with Crippen LogP contribution >= 0.6 is 0 Å². The Hall–Kier alpha value is -2.88. The smallest absolute Gasteiger partial charge is 0.232 e. The van der Waals surface area contributed by atoms with Gasteiger partial charge in [0.2, 0.25) is 23.1 Å². The summed E-state index contributed by atoms with van der Waals surface area (Å²) in [6, 6.07) is 18.6. The van der Waals surface area contributed by atoms with Crippen molar-refractivity contribution in [2.24, 2.45) is 0 Å². The average molecular weight is 310 g/mol. The summed E-state index contributed by atoms with van der Waals surface area (Å²) in [5.41, 5.74) is 0.722. The number of hydrogen-bond donors (Lipinski definition) is 0. The highest BCUT2D eigenvalue weighted by molar-refractivity contribution is 6.25. The van der Waals surface area contributed by atoms with Crippen LogP contribution in [-0.2, 0) is 9.47 Å². The van der Waals surface area contributed by atoms with Gasteiger partial charge in [-0.2, -0.15) is 0 Å². The van der Waals surface area contributed by atoms with Gasteiger partial charge in [-0.15, -0.1) is 0 Å². The molecule has 0 saturated heterocycles. The summed E-state index contributed by atoms with van der Waals surface area (Å²) >= 11 is 0. The van der Waals surface area contributed by atoms with Crippen LogP contribution < -0.4 is 0 Å². The predicted octanol–water partition coefficient (Wildman–Crippen LogP) is 3.65. The minimum atomic E-state index is -0.314. The van der Waals surface area contributed by atoms with Crippen molar-refractivity contribution in [3.05, 3.63) is 83.3 Å². The largest absolute Gasteiger partial charge is 0.489 e. The first-order valence-electron chi connectivity index (χ1n) is 7.30. The molecule has 0 aliphatic heterocycles. The van der Waals surface area contributed by atoms with Crippen molar-refractivity contribution in [1.82, 2.24) is 0 Å². The Bertz CT molecular complexity index is 690. The molecule has 3 rings (SSSR count). The van der Waals surface area contributed by atoms with Crippen LogP contribution in [0.3, 0.4) is 0 Å². The van der Waals surface area contributed by atoms with Crippen LogP contribution in [0.4, 0.5) is 0 Å². The third-order valence-corrected chi connectivity index (χ3v) is 3.19. The Morgan fingerprint density at radius 3 is 1.57 bits per heavy atom. The molecule has 0 N–H and O–H groups in total. The zero-order chi connectivity index (χ0) is 16.7. The summed E-state index contributed by atoms with van der Waals surface area (Å²) in [6.45, 7) is 2.06. The monoisotopic (exact) mass is 310 g/mol. The summed E-state index contributed by atoms with van der Waals surface area (Å²) in [6.07, 6.45) is 0. The molecule has 0 unspecified atom stereocenters. The third kappa shape index (κ3) is 3.66. The molecule has 23 heavy (non-hydrogen) atoms. The van der Waals surface area contributed by atoms with Crippen molar-refractivity contribution in [3.8, 4) is 0 Å². The first kappa shape index (κ1) is 16.5. The van der Waals surface area contributed by atoms with Gasteiger partial charge in [0.1, 0.15) is 0 Å². The molecule has 0 atom stereocenters. The number of fused-ring (bicyclic) bond motifs is 1. The molecule has 118 valence electrons. The summed E-state index contributed by atoms with van der Waals surface area (Å²) in [5.74, 6) is -0.640. The Kier molecular flexibility index (Phi) is 5.69. The first-order valence-corrected chi connectivity index (χ1v) is 7.30. The fourth-order valence-corrected chi connectivity index (χ4v) is 2.18. The molecular formula is C19H18O4. The van der Waals surface area contributed by atoms with Crippen molar-refractivity contribution in [1.29, 1.82) is 0 Å². The van der Waals surface area contributed by atoms with E-state index in [4.69, 9.17) is 9.47 Å². The fourth-order valence-electron chi connectivity index (χ4n) is 2.18. The van der Waals surface area contributed by atoms with E-state index in [2.05, 4.69) is 0 Å². The number of Topliss-reactive ketones (excluding diaryl/α,β-unsaturated/α-hetero) is 2. The molecule has 1 aliphatic rings. The van der Waals surface area contributed by atoms with E-state index in [1.807, 2.05) is 36.4 Å². The number of carbonyl (C=O) groups is 2. The summed E-state index contributed by atoms with van der Waals surface area (Å²) in [5, 5.41) is 0. The third-order valence-electron chi connectivity index (χ3n) is 3.19. The second-order valence-corrected chi connectivity index (χ2v) is 4.65. The fraction of sp³-hybridized carbons (Fsp3) is 0.158. The number of carbonyl (C=O) groups excluding carboxylic acids is 2. The van der Waals surface area contributed by atoms with Crippen LogP contribution in [0.25, 0.3) is 0 Å². The maximum atomic E-state index is 12.1. The van der Waals surface area contributed by atoms with Crippen LogP contribution in [0.15, 0.2) is 72.2 Å². The van der Waals surface area contributed by atoms with Gasteiger partial charge in [0.05, 0.1) is 13.7 Å². The van der Waals surface area contributed by atoms with E-state index in [0.717, 1.165) is 0 Å². The maximum absolute atomic E-state index is 12.1. The molecule has 2 aromatic carbocycles. The van der Waals surface area contributed by atoms with E-state index >= 15 is 0 Å². The van der Waals surface area contributed by atoms with Crippen LogP contribution in [0.1, 0.15) is 27.6 Å². The van der Waals surface area contributed by atoms with Crippen molar-refractivity contribution in [2.45, 2.75) is 6.92 Å². The second-order valence-electron chi connectivity index (χ2n) is 4.65. The number of ether oxygens (including phenoxy) is 2. The molecule has 0 bridgehead atoms. The standard InChI is InChI=1S/C13H12O4.C6H6/c1-3-17-13-11(15)9-7-5-4-6-8(9)10(14)12(13)16-2;1-2-4-6-5-3-1/h4-7H,3H2,1-2H3;1-6H. The number of rotatable bonds is 3. The highest BCUT2D eigenvalue weighted by Gasteiger charge is 2.34. The van der Waals surface area contributed by atoms with Crippen LogP contribution in [0.2, 0.25) is 0 Å². The summed E-state index contributed by atoms with van der Waals surface area (Å²) in [4.78, 5) is 24.2. The normalized spacial score (nSPS) is 13.0. The second kappa shape index (κ2) is 7.94. The highest BCUT2D eigenvalue weighted by Crippen LogP contribution is 2.27. The summed E-state index contributed by atoms with van der Waals surface area (Å²) in [7, 11) is 1.35. The molecular weight excluding hydrogens is 292 g/mol. The average Bonchev–Trinajstić information content (AvgIpc) is 2.62. The molecule has 0 radical (unpaired) electrons. The van der Waals surface area contributed by atoms with Crippen molar-refractivity contribution < 1.29 is 19.1 Å². The minimum Gasteiger partial charge on any atom is -0.489 e. The number of ketones is 2. The van der Waals surface area contributed by atoms with Crippen molar-refractivity contribution in [3.63, 3.8) is 0 Å². The van der Waals surface area contributed by atoms with Gasteiger partial charge >= 0.3 is 0 Å². The van der Waals surface area contributed by atoms with E-state index in [1.54, 1.807) is 31.2 Å². The Morgan fingerprint density at radius 2 is 1.17 bits per heavy atom. The van der Waals surface area contributed by atoms with Gasteiger partial charge in [0.15, 0.2) is 0 Å². The Labute approximate surface area is 135 Å². The molecule has 0 amide bonds. The molecule has 0 aromatic heterocycles. The lowest BCUT2D eigenvalue weighted by atomic mass is 9.92. The van der Waals surface area contributed by atoms with Gasteiger partial charge in [-0.3, -0.25) is 9.59 Å². The van der Waals surface area contributed by atoms with E-state index in [9.17, 15) is 9.59 Å². The maximum Gasteiger partial charge on any atom is 0.232 e. The zero-order valence-corrected chi connectivity index (χ0v) is 13.1. The van der Waals surface area contributed by atoms with Crippen LogP contribution in [0.5, 0.6) is 0 Å². The van der Waals surface area contributed by atoms with Gasteiger partial charge in [0.25, 0.3) is 0 Å². The molecule has 0 spiro atoms. The molecule has 0 fully saturated rings. The van der Waals surface area contributed by atoms with Crippen molar-refractivity contribution >= 4 is 11.6 Å². The highest BCUT2D eigenvalue weighted by atomic mass is 16.5. The van der Waals surface area contributed by atoms with Gasteiger partial charge in [0, 0.05) is 11.1 Å². The van der Waals surface area contributed by atoms with Gasteiger partial charge in [-0.05, 0) is 6.92 Å². The molecule has 2 aromatic rings. The SMILES string of the molecule is CCOC1=C(OC)C(=O)c2ccccc2C1=O.c1ccccc1. The number of benzene rings is 2. The first-order chi connectivity index (χ1) is 11.2. The molecule has 4 nitrogen and oxygen atoms in total. The quantitative estimate of drug-likeness (QED) is 0.868. The van der Waals surface area contributed by atoms with E-state index < -0.39 is 0 Å². The lowest BCUT2D eigenvalue weighted by Crippen LogP contribution is -2.24.